The van der Waals surface area contributed by atoms with Gasteiger partial charge in [-0.25, -0.2) is 4.98 Å². The van der Waals surface area contributed by atoms with Crippen molar-refractivity contribution in [2.24, 2.45) is 5.92 Å². The van der Waals surface area contributed by atoms with Gasteiger partial charge in [0, 0.05) is 24.0 Å². The van der Waals surface area contributed by atoms with E-state index >= 15 is 0 Å². The highest BCUT2D eigenvalue weighted by Gasteiger charge is 2.27. The third kappa shape index (κ3) is 8.30. The summed E-state index contributed by atoms with van der Waals surface area (Å²) in [6, 6.07) is 0. The molecule has 1 aromatic rings. The number of rotatable bonds is 13. The van der Waals surface area contributed by atoms with Gasteiger partial charge in [-0.3, -0.25) is 9.59 Å². The minimum absolute atomic E-state index is 0.121. The van der Waals surface area contributed by atoms with Crippen LogP contribution in [0.3, 0.4) is 0 Å². The average Bonchev–Trinajstić information content (AvgIpc) is 3.33. The third-order valence-electron chi connectivity index (χ3n) is 4.72. The quantitative estimate of drug-likeness (QED) is 0.502. The summed E-state index contributed by atoms with van der Waals surface area (Å²) in [6.45, 7) is 5.04. The van der Waals surface area contributed by atoms with E-state index in [9.17, 15) is 9.59 Å². The van der Waals surface area contributed by atoms with Crippen molar-refractivity contribution in [3.63, 3.8) is 0 Å². The Morgan fingerprint density at radius 3 is 2.50 bits per heavy atom. The van der Waals surface area contributed by atoms with Crippen LogP contribution in [0.2, 0.25) is 0 Å². The second-order valence-electron chi connectivity index (χ2n) is 7.41. The van der Waals surface area contributed by atoms with Crippen molar-refractivity contribution in [1.29, 1.82) is 0 Å². The lowest BCUT2D eigenvalue weighted by molar-refractivity contribution is -0.135. The Kier molecular flexibility index (Phi) is 9.09. The number of anilines is 1. The van der Waals surface area contributed by atoms with Gasteiger partial charge in [-0.1, -0.05) is 45.4 Å². The first-order valence-electron chi connectivity index (χ1n) is 10.1. The average molecular weight is 380 g/mol. The summed E-state index contributed by atoms with van der Waals surface area (Å²) in [5.41, 5.74) is 0. The molecule has 0 spiro atoms. The van der Waals surface area contributed by atoms with Crippen molar-refractivity contribution in [1.82, 2.24) is 9.88 Å². The van der Waals surface area contributed by atoms with Gasteiger partial charge in [-0.15, -0.1) is 11.3 Å². The summed E-state index contributed by atoms with van der Waals surface area (Å²) in [7, 11) is 0. The number of hydrogen-bond acceptors (Lipinski definition) is 4. The Bertz CT molecular complexity index is 569. The van der Waals surface area contributed by atoms with E-state index in [0.29, 0.717) is 17.5 Å². The van der Waals surface area contributed by atoms with Crippen LogP contribution in [-0.2, 0) is 9.59 Å². The molecule has 0 aromatic carbocycles. The minimum Gasteiger partial charge on any atom is -0.333 e. The molecular formula is C20H33N3O2S. The summed E-state index contributed by atoms with van der Waals surface area (Å²) in [5.74, 6) is 0.562. The monoisotopic (exact) mass is 379 g/mol. The van der Waals surface area contributed by atoms with Gasteiger partial charge in [-0.05, 0) is 32.1 Å². The minimum atomic E-state index is -0.145. The maximum atomic E-state index is 12.6. The molecular weight excluding hydrogens is 346 g/mol. The molecule has 0 saturated heterocycles. The fourth-order valence-corrected chi connectivity index (χ4v) is 3.68. The number of carbonyl (C=O) groups is 2. The molecule has 0 bridgehead atoms. The molecule has 1 fully saturated rings. The zero-order chi connectivity index (χ0) is 18.8. The van der Waals surface area contributed by atoms with Crippen molar-refractivity contribution < 1.29 is 9.59 Å². The van der Waals surface area contributed by atoms with E-state index in [4.69, 9.17) is 0 Å². The highest BCUT2D eigenvalue weighted by molar-refractivity contribution is 7.15. The number of nitrogens with zero attached hydrogens (tertiary/aromatic N) is 2. The van der Waals surface area contributed by atoms with Gasteiger partial charge in [0.1, 0.15) is 0 Å². The zero-order valence-corrected chi connectivity index (χ0v) is 17.1. The second-order valence-corrected chi connectivity index (χ2v) is 8.65. The zero-order valence-electron chi connectivity index (χ0n) is 16.3. The number of thiazole rings is 1. The lowest BCUT2D eigenvalue weighted by atomic mass is 10.1. The lowest BCUT2D eigenvalue weighted by Crippen LogP contribution is -2.39. The summed E-state index contributed by atoms with van der Waals surface area (Å²) >= 11 is 1.46. The Hall–Kier alpha value is -1.43. The number of aromatic nitrogens is 1. The largest absolute Gasteiger partial charge is 0.333 e. The van der Waals surface area contributed by atoms with Crippen molar-refractivity contribution in [2.75, 3.05) is 18.4 Å². The summed E-state index contributed by atoms with van der Waals surface area (Å²) in [4.78, 5) is 31.8. The first-order valence-corrected chi connectivity index (χ1v) is 10.9. The molecule has 1 aliphatic rings. The number of aryl methyl sites for hydroxylation is 1. The number of carbonyl (C=O) groups excluding carboxylic acids is 2. The number of unbranched alkanes of at least 4 members (excludes halogenated alkanes) is 6. The van der Waals surface area contributed by atoms with Crippen LogP contribution in [0.4, 0.5) is 5.13 Å². The van der Waals surface area contributed by atoms with Gasteiger partial charge < -0.3 is 10.2 Å². The van der Waals surface area contributed by atoms with Crippen LogP contribution in [0.5, 0.6) is 0 Å². The second kappa shape index (κ2) is 11.3. The van der Waals surface area contributed by atoms with Crippen LogP contribution in [0.1, 0.15) is 76.0 Å². The van der Waals surface area contributed by atoms with Crippen molar-refractivity contribution in [3.8, 4) is 0 Å². The van der Waals surface area contributed by atoms with Crippen LogP contribution in [0, 0.1) is 12.8 Å². The number of amides is 2. The highest BCUT2D eigenvalue weighted by atomic mass is 32.1. The molecule has 6 heteroatoms. The SMILES string of the molecule is CCCCCCCCCC(=O)N(CC(=O)Nc1ncc(C)s1)CC1CC1. The molecule has 2 rings (SSSR count). The Labute approximate surface area is 161 Å². The van der Waals surface area contributed by atoms with Gasteiger partial charge >= 0.3 is 0 Å². The molecule has 0 radical (unpaired) electrons. The molecule has 1 N–H and O–H groups in total. The van der Waals surface area contributed by atoms with E-state index in [2.05, 4.69) is 17.2 Å². The molecule has 2 amide bonds. The van der Waals surface area contributed by atoms with Crippen LogP contribution in [0.25, 0.3) is 0 Å². The summed E-state index contributed by atoms with van der Waals surface area (Å²) in [5, 5.41) is 3.42. The van der Waals surface area contributed by atoms with Crippen LogP contribution in [0.15, 0.2) is 6.20 Å². The van der Waals surface area contributed by atoms with Gasteiger partial charge in [0.05, 0.1) is 6.54 Å². The molecule has 0 atom stereocenters. The maximum absolute atomic E-state index is 12.6. The van der Waals surface area contributed by atoms with E-state index in [-0.39, 0.29) is 18.4 Å². The van der Waals surface area contributed by atoms with Gasteiger partial charge in [0.15, 0.2) is 5.13 Å². The molecule has 1 aromatic heterocycles. The molecule has 5 nitrogen and oxygen atoms in total. The van der Waals surface area contributed by atoms with Crippen LogP contribution < -0.4 is 5.32 Å². The highest BCUT2D eigenvalue weighted by Crippen LogP contribution is 2.30. The van der Waals surface area contributed by atoms with E-state index in [1.165, 1.54) is 56.3 Å². The summed E-state index contributed by atoms with van der Waals surface area (Å²) in [6.07, 6.45) is 13.0. The van der Waals surface area contributed by atoms with E-state index < -0.39 is 0 Å². The molecule has 1 heterocycles. The fourth-order valence-electron chi connectivity index (χ4n) is 3.00. The van der Waals surface area contributed by atoms with E-state index in [0.717, 1.165) is 24.3 Å². The first-order chi connectivity index (χ1) is 12.6. The maximum Gasteiger partial charge on any atom is 0.245 e. The standard InChI is InChI=1S/C20H33N3O2S/c1-3-4-5-6-7-8-9-10-19(25)23(14-17-11-12-17)15-18(24)22-20-21-13-16(2)26-20/h13,17H,3-12,14-15H2,1-2H3,(H,21,22,24). The number of nitrogens with one attached hydrogen (secondary N) is 1. The fraction of sp³-hybridized carbons (Fsp3) is 0.750. The smallest absolute Gasteiger partial charge is 0.245 e. The lowest BCUT2D eigenvalue weighted by Gasteiger charge is -2.22. The molecule has 0 unspecified atom stereocenters. The molecule has 1 aliphatic carbocycles. The predicted octanol–water partition coefficient (Wildman–Crippen LogP) is 4.77. The van der Waals surface area contributed by atoms with Gasteiger partial charge in [0.25, 0.3) is 0 Å². The van der Waals surface area contributed by atoms with Crippen molar-refractivity contribution in [2.45, 2.75) is 78.1 Å². The summed E-state index contributed by atoms with van der Waals surface area (Å²) < 4.78 is 0. The molecule has 1 saturated carbocycles. The van der Waals surface area contributed by atoms with Gasteiger partial charge in [0.2, 0.25) is 11.8 Å². The first kappa shape index (κ1) is 20.9. The normalized spacial score (nSPS) is 13.6. The molecule has 146 valence electrons. The molecule has 26 heavy (non-hydrogen) atoms. The van der Waals surface area contributed by atoms with Crippen LogP contribution in [-0.4, -0.2) is 34.8 Å². The third-order valence-corrected chi connectivity index (χ3v) is 5.55. The number of hydrogen-bond donors (Lipinski definition) is 1. The van der Waals surface area contributed by atoms with E-state index in [1.54, 1.807) is 11.1 Å². The predicted molar refractivity (Wildman–Crippen MR) is 107 cm³/mol. The van der Waals surface area contributed by atoms with Crippen molar-refractivity contribution >= 4 is 28.3 Å². The molecule has 0 aliphatic heterocycles. The van der Waals surface area contributed by atoms with Gasteiger partial charge in [-0.2, -0.15) is 0 Å². The Morgan fingerprint density at radius 1 is 1.19 bits per heavy atom. The van der Waals surface area contributed by atoms with E-state index in [1.807, 2.05) is 6.92 Å². The Morgan fingerprint density at radius 2 is 1.88 bits per heavy atom. The topological polar surface area (TPSA) is 62.3 Å². The Balaban J connectivity index is 1.70. The van der Waals surface area contributed by atoms with Crippen molar-refractivity contribution in [3.05, 3.63) is 11.1 Å². The van der Waals surface area contributed by atoms with Crippen LogP contribution >= 0.6 is 11.3 Å².